The summed E-state index contributed by atoms with van der Waals surface area (Å²) in [6, 6.07) is 19.5. The zero-order valence-electron chi connectivity index (χ0n) is 14.9. The average Bonchev–Trinajstić information content (AvgIpc) is 3.25. The molecule has 0 spiro atoms. The summed E-state index contributed by atoms with van der Waals surface area (Å²) in [5, 5.41) is 10.1. The molecule has 0 atom stereocenters. The first-order chi connectivity index (χ1) is 14.2. The van der Waals surface area contributed by atoms with Gasteiger partial charge in [0.05, 0.1) is 11.1 Å². The normalized spacial score (nSPS) is 11.1. The number of pyridine rings is 1. The Labute approximate surface area is 169 Å². The SMILES string of the molecule is O=c1c2ccccc2c(-c2nc(-c3ccccn3)no2)nn1-c1cccc(Cl)c1. The predicted octanol–water partition coefficient (Wildman–Crippen LogP) is 4.15. The lowest BCUT2D eigenvalue weighted by Crippen LogP contribution is -2.22. The van der Waals surface area contributed by atoms with Crippen molar-refractivity contribution in [3.63, 3.8) is 0 Å². The van der Waals surface area contributed by atoms with E-state index in [2.05, 4.69) is 20.2 Å². The number of hydrogen-bond acceptors (Lipinski definition) is 6. The van der Waals surface area contributed by atoms with Crippen LogP contribution in [-0.2, 0) is 0 Å². The topological polar surface area (TPSA) is 86.7 Å². The molecule has 29 heavy (non-hydrogen) atoms. The van der Waals surface area contributed by atoms with Crippen molar-refractivity contribution in [2.24, 2.45) is 0 Å². The van der Waals surface area contributed by atoms with Crippen molar-refractivity contribution in [1.82, 2.24) is 24.9 Å². The van der Waals surface area contributed by atoms with E-state index in [1.165, 1.54) is 4.68 Å². The summed E-state index contributed by atoms with van der Waals surface area (Å²) < 4.78 is 6.75. The number of nitrogens with zero attached hydrogens (tertiary/aromatic N) is 5. The van der Waals surface area contributed by atoms with Crippen LogP contribution in [0.1, 0.15) is 0 Å². The molecule has 0 bridgehead atoms. The second kappa shape index (κ2) is 6.96. The van der Waals surface area contributed by atoms with Crippen molar-refractivity contribution in [3.8, 4) is 28.8 Å². The van der Waals surface area contributed by atoms with Crippen molar-refractivity contribution in [3.05, 3.63) is 88.3 Å². The molecule has 0 unspecified atom stereocenters. The molecular formula is C21H12ClN5O2. The van der Waals surface area contributed by atoms with E-state index < -0.39 is 0 Å². The summed E-state index contributed by atoms with van der Waals surface area (Å²) in [4.78, 5) is 21.7. The fourth-order valence-corrected chi connectivity index (χ4v) is 3.23. The predicted molar refractivity (Wildman–Crippen MR) is 109 cm³/mol. The Bertz CT molecular complexity index is 1400. The Balaban J connectivity index is 1.75. The van der Waals surface area contributed by atoms with Crippen LogP contribution in [0.15, 0.2) is 82.2 Å². The van der Waals surface area contributed by atoms with Crippen LogP contribution in [0, 0.1) is 0 Å². The molecule has 0 aliphatic carbocycles. The number of aromatic nitrogens is 5. The first-order valence-electron chi connectivity index (χ1n) is 8.74. The Kier molecular flexibility index (Phi) is 4.14. The number of rotatable bonds is 3. The minimum Gasteiger partial charge on any atom is -0.332 e. The Morgan fingerprint density at radius 2 is 1.76 bits per heavy atom. The fourth-order valence-electron chi connectivity index (χ4n) is 3.05. The average molecular weight is 402 g/mol. The standard InChI is InChI=1S/C21H12ClN5O2/c22-13-6-5-7-14(12-13)27-21(28)16-9-2-1-8-15(16)18(25-27)20-24-19(26-29-20)17-10-3-4-11-23-17/h1-12H. The summed E-state index contributed by atoms with van der Waals surface area (Å²) in [6.45, 7) is 0. The Morgan fingerprint density at radius 3 is 2.55 bits per heavy atom. The second-order valence-electron chi connectivity index (χ2n) is 6.23. The van der Waals surface area contributed by atoms with Gasteiger partial charge in [0.25, 0.3) is 11.4 Å². The van der Waals surface area contributed by atoms with Gasteiger partial charge in [0.15, 0.2) is 5.69 Å². The van der Waals surface area contributed by atoms with E-state index in [0.717, 1.165) is 0 Å². The minimum atomic E-state index is -0.268. The summed E-state index contributed by atoms with van der Waals surface area (Å²) in [5.74, 6) is 0.532. The highest BCUT2D eigenvalue weighted by Crippen LogP contribution is 2.26. The van der Waals surface area contributed by atoms with Gasteiger partial charge in [-0.25, -0.2) is 0 Å². The lowest BCUT2D eigenvalue weighted by atomic mass is 10.1. The molecule has 5 rings (SSSR count). The molecule has 0 N–H and O–H groups in total. The Morgan fingerprint density at radius 1 is 0.931 bits per heavy atom. The van der Waals surface area contributed by atoms with Crippen LogP contribution >= 0.6 is 11.6 Å². The van der Waals surface area contributed by atoms with E-state index in [4.69, 9.17) is 16.1 Å². The van der Waals surface area contributed by atoms with E-state index in [0.29, 0.717) is 38.7 Å². The number of benzene rings is 2. The van der Waals surface area contributed by atoms with Crippen molar-refractivity contribution < 1.29 is 4.52 Å². The number of halogens is 1. The third-order valence-corrected chi connectivity index (χ3v) is 4.62. The van der Waals surface area contributed by atoms with Crippen LogP contribution in [-0.4, -0.2) is 24.9 Å². The molecule has 0 aliphatic heterocycles. The van der Waals surface area contributed by atoms with Crippen molar-refractivity contribution in [2.45, 2.75) is 0 Å². The third kappa shape index (κ3) is 3.07. The van der Waals surface area contributed by atoms with Gasteiger partial charge in [-0.1, -0.05) is 47.1 Å². The second-order valence-corrected chi connectivity index (χ2v) is 6.67. The van der Waals surface area contributed by atoms with E-state index in [1.807, 2.05) is 12.1 Å². The van der Waals surface area contributed by atoms with Crippen LogP contribution in [0.2, 0.25) is 5.02 Å². The van der Waals surface area contributed by atoms with Gasteiger partial charge in [0, 0.05) is 16.6 Å². The lowest BCUT2D eigenvalue weighted by molar-refractivity contribution is 0.430. The minimum absolute atomic E-state index is 0.192. The molecule has 0 saturated carbocycles. The van der Waals surface area contributed by atoms with Crippen molar-refractivity contribution in [2.75, 3.05) is 0 Å². The summed E-state index contributed by atoms with van der Waals surface area (Å²) in [6.07, 6.45) is 1.65. The smallest absolute Gasteiger partial charge is 0.279 e. The molecule has 0 aliphatic rings. The third-order valence-electron chi connectivity index (χ3n) is 4.38. The first-order valence-corrected chi connectivity index (χ1v) is 9.12. The maximum Gasteiger partial charge on any atom is 0.279 e. The summed E-state index contributed by atoms with van der Waals surface area (Å²) in [5.41, 5.74) is 1.25. The molecule has 3 aromatic heterocycles. The zero-order valence-corrected chi connectivity index (χ0v) is 15.6. The highest BCUT2D eigenvalue weighted by molar-refractivity contribution is 6.30. The van der Waals surface area contributed by atoms with Crippen LogP contribution in [0.4, 0.5) is 0 Å². The van der Waals surface area contributed by atoms with Crippen LogP contribution in [0.3, 0.4) is 0 Å². The molecule has 140 valence electrons. The van der Waals surface area contributed by atoms with Crippen molar-refractivity contribution in [1.29, 1.82) is 0 Å². The molecule has 8 heteroatoms. The Hall–Kier alpha value is -3.84. The maximum absolute atomic E-state index is 13.0. The molecule has 0 fully saturated rings. The van der Waals surface area contributed by atoms with Gasteiger partial charge < -0.3 is 4.52 Å². The van der Waals surface area contributed by atoms with Crippen molar-refractivity contribution >= 4 is 22.4 Å². The molecule has 3 heterocycles. The molecule has 0 amide bonds. The van der Waals surface area contributed by atoms with Gasteiger partial charge in [-0.3, -0.25) is 9.78 Å². The quantitative estimate of drug-likeness (QED) is 0.451. The van der Waals surface area contributed by atoms with E-state index >= 15 is 0 Å². The van der Waals surface area contributed by atoms with E-state index in [1.54, 1.807) is 60.8 Å². The number of fused-ring (bicyclic) bond motifs is 1. The van der Waals surface area contributed by atoms with Gasteiger partial charge in [-0.15, -0.1) is 0 Å². The molecular weight excluding hydrogens is 390 g/mol. The maximum atomic E-state index is 13.0. The fraction of sp³-hybridized carbons (Fsp3) is 0. The monoisotopic (exact) mass is 401 g/mol. The molecule has 7 nitrogen and oxygen atoms in total. The molecule has 0 saturated heterocycles. The van der Waals surface area contributed by atoms with Crippen LogP contribution in [0.5, 0.6) is 0 Å². The van der Waals surface area contributed by atoms with Gasteiger partial charge in [-0.05, 0) is 36.4 Å². The molecule has 5 aromatic rings. The molecule has 2 aromatic carbocycles. The van der Waals surface area contributed by atoms with E-state index in [9.17, 15) is 4.79 Å². The van der Waals surface area contributed by atoms with Crippen LogP contribution < -0.4 is 5.56 Å². The summed E-state index contributed by atoms with van der Waals surface area (Å²) in [7, 11) is 0. The number of hydrogen-bond donors (Lipinski definition) is 0. The van der Waals surface area contributed by atoms with Gasteiger partial charge >= 0.3 is 0 Å². The molecule has 0 radical (unpaired) electrons. The lowest BCUT2D eigenvalue weighted by Gasteiger charge is -2.09. The first kappa shape index (κ1) is 17.3. The summed E-state index contributed by atoms with van der Waals surface area (Å²) >= 11 is 6.10. The van der Waals surface area contributed by atoms with Crippen LogP contribution in [0.25, 0.3) is 39.6 Å². The van der Waals surface area contributed by atoms with E-state index in [-0.39, 0.29) is 11.4 Å². The highest BCUT2D eigenvalue weighted by Gasteiger charge is 2.19. The largest absolute Gasteiger partial charge is 0.332 e. The zero-order chi connectivity index (χ0) is 19.8. The van der Waals surface area contributed by atoms with Gasteiger partial charge in [0.1, 0.15) is 5.69 Å². The van der Waals surface area contributed by atoms with Gasteiger partial charge in [0.2, 0.25) is 5.82 Å². The highest BCUT2D eigenvalue weighted by atomic mass is 35.5. The van der Waals surface area contributed by atoms with Gasteiger partial charge in [-0.2, -0.15) is 14.8 Å².